The minimum Gasteiger partial charge on any atom is -0.378 e. The molecule has 0 aliphatic carbocycles. The largest absolute Gasteiger partial charge is 0.378 e. The first-order valence-corrected chi connectivity index (χ1v) is 6.84. The van der Waals surface area contributed by atoms with Crippen molar-refractivity contribution in [3.05, 3.63) is 24.3 Å². The predicted octanol–water partition coefficient (Wildman–Crippen LogP) is 0.869. The summed E-state index contributed by atoms with van der Waals surface area (Å²) in [5, 5.41) is 3.24. The summed E-state index contributed by atoms with van der Waals surface area (Å²) in [6, 6.07) is 7.50. The first kappa shape index (κ1) is 11.2. The molecule has 1 saturated heterocycles. The van der Waals surface area contributed by atoms with Crippen molar-refractivity contribution < 1.29 is 13.2 Å². The molecule has 6 heteroatoms. The van der Waals surface area contributed by atoms with Crippen LogP contribution in [0.2, 0.25) is 0 Å². The maximum absolute atomic E-state index is 11.0. The highest BCUT2D eigenvalue weighted by Gasteiger charge is 2.17. The number of benzene rings is 1. The molecule has 0 spiro atoms. The Morgan fingerprint density at radius 3 is 2.56 bits per heavy atom. The second kappa shape index (κ2) is 4.31. The Hall–Kier alpha value is -1.27. The molecule has 16 heavy (non-hydrogen) atoms. The van der Waals surface area contributed by atoms with Crippen molar-refractivity contribution in [1.82, 2.24) is 0 Å². The minimum absolute atomic E-state index is 0.327. The number of hydrogen-bond donors (Lipinski definition) is 2. The molecule has 0 atom stereocenters. The van der Waals surface area contributed by atoms with Crippen LogP contribution in [-0.4, -0.2) is 33.9 Å². The van der Waals surface area contributed by atoms with Crippen LogP contribution in [0.5, 0.6) is 0 Å². The number of ether oxygens (including phenoxy) is 1. The van der Waals surface area contributed by atoms with Gasteiger partial charge in [0.25, 0.3) is 0 Å². The van der Waals surface area contributed by atoms with Crippen LogP contribution in [0.15, 0.2) is 24.3 Å². The van der Waals surface area contributed by atoms with Gasteiger partial charge in [0.15, 0.2) is 0 Å². The first-order chi connectivity index (χ1) is 7.53. The van der Waals surface area contributed by atoms with E-state index in [4.69, 9.17) is 4.74 Å². The molecule has 1 heterocycles. The fraction of sp³-hybridized carbons (Fsp3) is 0.400. The molecule has 0 bridgehead atoms. The normalized spacial score (nSPS) is 16.6. The lowest BCUT2D eigenvalue weighted by Gasteiger charge is -2.27. The molecule has 0 radical (unpaired) electrons. The molecule has 1 aliphatic rings. The molecule has 2 rings (SSSR count). The van der Waals surface area contributed by atoms with Crippen molar-refractivity contribution in [2.75, 3.05) is 29.5 Å². The van der Waals surface area contributed by atoms with Gasteiger partial charge in [-0.1, -0.05) is 6.07 Å². The molecule has 1 fully saturated rings. The monoisotopic (exact) mass is 242 g/mol. The van der Waals surface area contributed by atoms with Crippen LogP contribution in [0, 0.1) is 0 Å². The summed E-state index contributed by atoms with van der Waals surface area (Å²) in [5.41, 5.74) is 1.45. The smallest absolute Gasteiger partial charge is 0.229 e. The van der Waals surface area contributed by atoms with Crippen LogP contribution >= 0.6 is 0 Å². The van der Waals surface area contributed by atoms with Gasteiger partial charge in [0.1, 0.15) is 0 Å². The molecule has 0 unspecified atom stereocenters. The molecule has 0 saturated carbocycles. The van der Waals surface area contributed by atoms with E-state index in [1.54, 1.807) is 18.2 Å². The third kappa shape index (κ3) is 3.11. The van der Waals surface area contributed by atoms with Gasteiger partial charge in [-0.25, -0.2) is 8.42 Å². The standard InChI is InChI=1S/C10H14N2O3S/c1-16(13,14)12-9-4-2-3-8(5-9)11-10-6-15-7-10/h2-5,10-12H,6-7H2,1H3. The second-order valence-corrected chi connectivity index (χ2v) is 5.58. The van der Waals surface area contributed by atoms with Crippen molar-refractivity contribution in [3.8, 4) is 0 Å². The molecule has 0 aromatic heterocycles. The van der Waals surface area contributed by atoms with E-state index in [2.05, 4.69) is 10.0 Å². The van der Waals surface area contributed by atoms with Crippen molar-refractivity contribution in [2.45, 2.75) is 6.04 Å². The van der Waals surface area contributed by atoms with E-state index in [9.17, 15) is 8.42 Å². The molecule has 0 amide bonds. The van der Waals surface area contributed by atoms with Gasteiger partial charge >= 0.3 is 0 Å². The van der Waals surface area contributed by atoms with Crippen LogP contribution < -0.4 is 10.0 Å². The third-order valence-electron chi connectivity index (χ3n) is 2.17. The Balaban J connectivity index is 2.06. The predicted molar refractivity (Wildman–Crippen MR) is 63.1 cm³/mol. The molecular formula is C10H14N2O3S. The molecule has 1 aromatic carbocycles. The van der Waals surface area contributed by atoms with Crippen LogP contribution in [0.4, 0.5) is 11.4 Å². The summed E-state index contributed by atoms with van der Waals surface area (Å²) < 4.78 is 29.6. The summed E-state index contributed by atoms with van der Waals surface area (Å²) >= 11 is 0. The first-order valence-electron chi connectivity index (χ1n) is 4.95. The zero-order valence-corrected chi connectivity index (χ0v) is 9.75. The van der Waals surface area contributed by atoms with E-state index in [1.165, 1.54) is 0 Å². The quantitative estimate of drug-likeness (QED) is 0.822. The van der Waals surface area contributed by atoms with Gasteiger partial charge in [0.05, 0.1) is 31.2 Å². The van der Waals surface area contributed by atoms with E-state index in [0.717, 1.165) is 11.9 Å². The molecule has 1 aliphatic heterocycles. The van der Waals surface area contributed by atoms with Gasteiger partial charge < -0.3 is 10.1 Å². The average molecular weight is 242 g/mol. The van der Waals surface area contributed by atoms with Crippen LogP contribution in [0.1, 0.15) is 0 Å². The van der Waals surface area contributed by atoms with Crippen molar-refractivity contribution in [3.63, 3.8) is 0 Å². The molecule has 1 aromatic rings. The van der Waals surface area contributed by atoms with Crippen molar-refractivity contribution in [1.29, 1.82) is 0 Å². The Bertz CT molecular complexity index is 469. The van der Waals surface area contributed by atoms with Gasteiger partial charge in [0.2, 0.25) is 10.0 Å². The second-order valence-electron chi connectivity index (χ2n) is 3.83. The highest BCUT2D eigenvalue weighted by molar-refractivity contribution is 7.92. The number of rotatable bonds is 4. The van der Waals surface area contributed by atoms with Gasteiger partial charge in [-0.3, -0.25) is 4.72 Å². The molecule has 5 nitrogen and oxygen atoms in total. The minimum atomic E-state index is -3.22. The fourth-order valence-electron chi connectivity index (χ4n) is 1.44. The van der Waals surface area contributed by atoms with E-state index in [-0.39, 0.29) is 0 Å². The van der Waals surface area contributed by atoms with E-state index >= 15 is 0 Å². The number of hydrogen-bond acceptors (Lipinski definition) is 4. The van der Waals surface area contributed by atoms with Crippen LogP contribution in [0.3, 0.4) is 0 Å². The SMILES string of the molecule is CS(=O)(=O)Nc1cccc(NC2COC2)c1. The highest BCUT2D eigenvalue weighted by atomic mass is 32.2. The molecule has 88 valence electrons. The third-order valence-corrected chi connectivity index (χ3v) is 2.78. The van der Waals surface area contributed by atoms with Crippen LogP contribution in [0.25, 0.3) is 0 Å². The summed E-state index contributed by atoms with van der Waals surface area (Å²) in [4.78, 5) is 0. The van der Waals surface area contributed by atoms with Gasteiger partial charge in [-0.15, -0.1) is 0 Å². The lowest BCUT2D eigenvalue weighted by molar-refractivity contribution is 0.0211. The molecule has 2 N–H and O–H groups in total. The van der Waals surface area contributed by atoms with Crippen molar-refractivity contribution in [2.24, 2.45) is 0 Å². The van der Waals surface area contributed by atoms with Crippen LogP contribution in [-0.2, 0) is 14.8 Å². The summed E-state index contributed by atoms with van der Waals surface area (Å²) in [6.45, 7) is 1.40. The van der Waals surface area contributed by atoms with Gasteiger partial charge in [-0.05, 0) is 18.2 Å². The lowest BCUT2D eigenvalue weighted by Crippen LogP contribution is -2.40. The summed E-state index contributed by atoms with van der Waals surface area (Å²) in [5.74, 6) is 0. The average Bonchev–Trinajstić information content (AvgIpc) is 2.09. The van der Waals surface area contributed by atoms with Crippen molar-refractivity contribution >= 4 is 21.4 Å². The maximum Gasteiger partial charge on any atom is 0.229 e. The highest BCUT2D eigenvalue weighted by Crippen LogP contribution is 2.18. The Morgan fingerprint density at radius 1 is 1.31 bits per heavy atom. The Kier molecular flexibility index (Phi) is 3.02. The molecular weight excluding hydrogens is 228 g/mol. The fourth-order valence-corrected chi connectivity index (χ4v) is 2.00. The lowest BCUT2D eigenvalue weighted by atomic mass is 10.2. The number of sulfonamides is 1. The number of anilines is 2. The van der Waals surface area contributed by atoms with E-state index < -0.39 is 10.0 Å². The van der Waals surface area contributed by atoms with E-state index in [1.807, 2.05) is 6.07 Å². The van der Waals surface area contributed by atoms with E-state index in [0.29, 0.717) is 24.9 Å². The maximum atomic E-state index is 11.0. The zero-order chi connectivity index (χ0) is 11.6. The Morgan fingerprint density at radius 2 is 2.00 bits per heavy atom. The zero-order valence-electron chi connectivity index (χ0n) is 8.93. The number of nitrogens with one attached hydrogen (secondary N) is 2. The van der Waals surface area contributed by atoms with Gasteiger partial charge in [0, 0.05) is 5.69 Å². The summed E-state index contributed by atoms with van der Waals surface area (Å²) in [7, 11) is -3.22. The summed E-state index contributed by atoms with van der Waals surface area (Å²) in [6.07, 6.45) is 1.13. The Labute approximate surface area is 94.9 Å². The topological polar surface area (TPSA) is 67.4 Å². The van der Waals surface area contributed by atoms with Gasteiger partial charge in [-0.2, -0.15) is 0 Å².